The van der Waals surface area contributed by atoms with E-state index in [1.165, 1.54) is 11.3 Å². The summed E-state index contributed by atoms with van der Waals surface area (Å²) in [7, 11) is 1.68. The summed E-state index contributed by atoms with van der Waals surface area (Å²) in [6.45, 7) is 1.47. The Bertz CT molecular complexity index is 388. The Balaban J connectivity index is 1.80. The van der Waals surface area contributed by atoms with E-state index in [0.717, 1.165) is 41.8 Å². The molecule has 1 aromatic rings. The Morgan fingerprint density at radius 1 is 1.44 bits per heavy atom. The van der Waals surface area contributed by atoms with E-state index in [0.29, 0.717) is 6.54 Å². The zero-order valence-electron chi connectivity index (χ0n) is 10.7. The number of hydrogen-bond donors (Lipinski definition) is 2. The largest absolute Gasteiger partial charge is 0.486 e. The van der Waals surface area contributed by atoms with Crippen LogP contribution in [0.15, 0.2) is 10.5 Å². The van der Waals surface area contributed by atoms with Crippen LogP contribution in [0.2, 0.25) is 0 Å². The molecule has 0 saturated heterocycles. The molecule has 5 heteroatoms. The first-order valence-electron chi connectivity index (χ1n) is 6.38. The van der Waals surface area contributed by atoms with Gasteiger partial charge in [-0.2, -0.15) is 0 Å². The summed E-state index contributed by atoms with van der Waals surface area (Å²) in [5.41, 5.74) is -0.489. The molecule has 1 aromatic heterocycles. The van der Waals surface area contributed by atoms with Gasteiger partial charge in [0.25, 0.3) is 0 Å². The van der Waals surface area contributed by atoms with Crippen LogP contribution >= 0.6 is 27.3 Å². The molecule has 0 unspecified atom stereocenters. The van der Waals surface area contributed by atoms with Crippen molar-refractivity contribution in [3.8, 4) is 5.06 Å². The zero-order valence-corrected chi connectivity index (χ0v) is 13.1. The first kappa shape index (κ1) is 14.3. The van der Waals surface area contributed by atoms with Crippen molar-refractivity contribution in [2.75, 3.05) is 13.7 Å². The molecular weight excluding hydrogens is 314 g/mol. The van der Waals surface area contributed by atoms with Gasteiger partial charge in [0.05, 0.1) is 17.2 Å². The summed E-state index contributed by atoms with van der Waals surface area (Å²) in [6, 6.07) is 2.07. The van der Waals surface area contributed by atoms with E-state index in [2.05, 4.69) is 27.3 Å². The van der Waals surface area contributed by atoms with E-state index in [1.807, 2.05) is 0 Å². The van der Waals surface area contributed by atoms with Crippen LogP contribution in [0.5, 0.6) is 5.06 Å². The highest BCUT2D eigenvalue weighted by Crippen LogP contribution is 2.34. The van der Waals surface area contributed by atoms with Gasteiger partial charge < -0.3 is 15.2 Å². The van der Waals surface area contributed by atoms with E-state index < -0.39 is 5.60 Å². The summed E-state index contributed by atoms with van der Waals surface area (Å²) >= 11 is 5.10. The van der Waals surface area contributed by atoms with Gasteiger partial charge in [-0.25, -0.2) is 0 Å². The van der Waals surface area contributed by atoms with E-state index in [1.54, 1.807) is 18.4 Å². The maximum atomic E-state index is 10.4. The summed E-state index contributed by atoms with van der Waals surface area (Å²) in [4.78, 5) is 1.22. The molecule has 1 saturated carbocycles. The average molecular weight is 334 g/mol. The minimum Gasteiger partial charge on any atom is -0.486 e. The molecule has 0 aliphatic heterocycles. The van der Waals surface area contributed by atoms with Gasteiger partial charge in [0.2, 0.25) is 0 Å². The highest BCUT2D eigenvalue weighted by Gasteiger charge is 2.28. The number of methoxy groups -OCH3 is 1. The molecule has 3 nitrogen and oxygen atoms in total. The molecule has 0 radical (unpaired) electrons. The third-order valence-electron chi connectivity index (χ3n) is 3.43. The molecule has 1 heterocycles. The van der Waals surface area contributed by atoms with Gasteiger partial charge in [0.1, 0.15) is 0 Å². The predicted molar refractivity (Wildman–Crippen MR) is 78.3 cm³/mol. The summed E-state index contributed by atoms with van der Waals surface area (Å²) in [5.74, 6) is 0. The number of rotatable bonds is 5. The average Bonchev–Trinajstić information content (AvgIpc) is 2.70. The minimum atomic E-state index is -0.489. The fraction of sp³-hybridized carbons (Fsp3) is 0.692. The number of halogens is 1. The second kappa shape index (κ2) is 6.37. The smallest absolute Gasteiger partial charge is 0.188 e. The van der Waals surface area contributed by atoms with Gasteiger partial charge in [-0.3, -0.25) is 0 Å². The quantitative estimate of drug-likeness (QED) is 0.868. The number of nitrogens with one attached hydrogen (secondary N) is 1. The van der Waals surface area contributed by atoms with Crippen LogP contribution in [0.25, 0.3) is 0 Å². The van der Waals surface area contributed by atoms with Crippen molar-refractivity contribution in [1.82, 2.24) is 5.32 Å². The van der Waals surface area contributed by atoms with Crippen LogP contribution < -0.4 is 10.1 Å². The third-order valence-corrected chi connectivity index (χ3v) is 5.38. The topological polar surface area (TPSA) is 41.5 Å². The fourth-order valence-electron chi connectivity index (χ4n) is 2.43. The molecule has 1 aliphatic carbocycles. The maximum absolute atomic E-state index is 10.4. The fourth-order valence-corrected chi connectivity index (χ4v) is 4.09. The number of thiophene rings is 1. The second-order valence-electron chi connectivity index (χ2n) is 4.94. The summed E-state index contributed by atoms with van der Waals surface area (Å²) in [5, 5.41) is 14.6. The van der Waals surface area contributed by atoms with Crippen LogP contribution in [0.4, 0.5) is 0 Å². The van der Waals surface area contributed by atoms with E-state index >= 15 is 0 Å². The highest BCUT2D eigenvalue weighted by atomic mass is 79.9. The van der Waals surface area contributed by atoms with Crippen LogP contribution in [-0.4, -0.2) is 24.4 Å². The van der Waals surface area contributed by atoms with Gasteiger partial charge in [0, 0.05) is 18.0 Å². The molecule has 1 aliphatic rings. The Hall–Kier alpha value is -0.100. The number of hydrogen-bond acceptors (Lipinski definition) is 4. The van der Waals surface area contributed by atoms with Gasteiger partial charge in [-0.15, -0.1) is 11.3 Å². The first-order chi connectivity index (χ1) is 8.63. The second-order valence-corrected chi connectivity index (χ2v) is 6.89. The standard InChI is InChI=1S/C13H20BrNO2S/c1-17-12-11(14)7-10(18-12)8-15-9-13(16)5-3-2-4-6-13/h7,15-16H,2-6,8-9H2,1H3. The maximum Gasteiger partial charge on any atom is 0.188 e. The number of ether oxygens (including phenoxy) is 1. The molecule has 1 fully saturated rings. The van der Waals surface area contributed by atoms with E-state index in [4.69, 9.17) is 4.74 Å². The van der Waals surface area contributed by atoms with Crippen molar-refractivity contribution in [3.05, 3.63) is 15.4 Å². The Labute approximate surface area is 121 Å². The van der Waals surface area contributed by atoms with Crippen molar-refractivity contribution in [2.24, 2.45) is 0 Å². The molecule has 0 bridgehead atoms. The lowest BCUT2D eigenvalue weighted by atomic mass is 9.85. The van der Waals surface area contributed by atoms with Crippen LogP contribution in [0, 0.1) is 0 Å². The molecular formula is C13H20BrNO2S. The first-order valence-corrected chi connectivity index (χ1v) is 7.99. The van der Waals surface area contributed by atoms with E-state index in [-0.39, 0.29) is 0 Å². The molecule has 102 valence electrons. The van der Waals surface area contributed by atoms with Crippen molar-refractivity contribution in [2.45, 2.75) is 44.2 Å². The SMILES string of the molecule is COc1sc(CNCC2(O)CCCCC2)cc1Br. The van der Waals surface area contributed by atoms with Crippen molar-refractivity contribution in [3.63, 3.8) is 0 Å². The number of aliphatic hydroxyl groups is 1. The van der Waals surface area contributed by atoms with Crippen molar-refractivity contribution >= 4 is 27.3 Å². The molecule has 0 amide bonds. The van der Waals surface area contributed by atoms with Gasteiger partial charge in [0.15, 0.2) is 5.06 Å². The predicted octanol–water partition coefficient (Wildman–Crippen LogP) is 3.30. The zero-order chi connectivity index (χ0) is 13.0. The Kier molecular flexibility index (Phi) is 5.06. The summed E-state index contributed by atoms with van der Waals surface area (Å²) < 4.78 is 6.24. The minimum absolute atomic E-state index is 0.489. The molecule has 0 atom stereocenters. The molecule has 18 heavy (non-hydrogen) atoms. The highest BCUT2D eigenvalue weighted by molar-refractivity contribution is 9.10. The van der Waals surface area contributed by atoms with Crippen molar-refractivity contribution in [1.29, 1.82) is 0 Å². The lowest BCUT2D eigenvalue weighted by molar-refractivity contribution is 0.00472. The van der Waals surface area contributed by atoms with Gasteiger partial charge >= 0.3 is 0 Å². The normalized spacial score (nSPS) is 18.8. The lowest BCUT2D eigenvalue weighted by Gasteiger charge is -2.32. The molecule has 2 rings (SSSR count). The Morgan fingerprint density at radius 2 is 2.17 bits per heavy atom. The molecule has 0 spiro atoms. The summed E-state index contributed by atoms with van der Waals surface area (Å²) in [6.07, 6.45) is 5.42. The van der Waals surface area contributed by atoms with E-state index in [9.17, 15) is 5.11 Å². The molecule has 2 N–H and O–H groups in total. The van der Waals surface area contributed by atoms with Crippen LogP contribution in [0.1, 0.15) is 37.0 Å². The van der Waals surface area contributed by atoms with Crippen LogP contribution in [0.3, 0.4) is 0 Å². The lowest BCUT2D eigenvalue weighted by Crippen LogP contribution is -2.41. The van der Waals surface area contributed by atoms with Gasteiger partial charge in [-0.1, -0.05) is 19.3 Å². The van der Waals surface area contributed by atoms with Gasteiger partial charge in [-0.05, 0) is 34.8 Å². The Morgan fingerprint density at radius 3 is 2.78 bits per heavy atom. The molecule has 0 aromatic carbocycles. The third kappa shape index (κ3) is 3.70. The monoisotopic (exact) mass is 333 g/mol. The van der Waals surface area contributed by atoms with Crippen LogP contribution in [-0.2, 0) is 6.54 Å². The van der Waals surface area contributed by atoms with Crippen molar-refractivity contribution < 1.29 is 9.84 Å².